The molecule has 0 fully saturated rings. The van der Waals surface area contributed by atoms with Crippen molar-refractivity contribution in [3.63, 3.8) is 0 Å². The molecule has 3 N–H and O–H groups in total. The van der Waals surface area contributed by atoms with Gasteiger partial charge in [-0.25, -0.2) is 9.13 Å². The predicted molar refractivity (Wildman–Crippen MR) is 340 cm³/mol. The SMILES string of the molecule is CC(C)CCCCCCCCCCCCCCC(=O)OC[C@H](COP(=O)(O)OC[C@@H](O)COP(=O)(O)OC[C@@H](COC(=O)CCCCCCCCC(C)C)OC(=O)CCCCCCCCCCCC(C)C)OC(=O)CCCCCCCCC(C)C. The molecule has 0 saturated carbocycles. The highest BCUT2D eigenvalue weighted by Crippen LogP contribution is 2.45. The van der Waals surface area contributed by atoms with Crippen molar-refractivity contribution < 1.29 is 80.2 Å². The Bertz CT molecular complexity index is 1700. The Morgan fingerprint density at radius 3 is 0.729 bits per heavy atom. The van der Waals surface area contributed by atoms with E-state index in [0.717, 1.165) is 108 Å². The molecule has 0 saturated heterocycles. The lowest BCUT2D eigenvalue weighted by molar-refractivity contribution is -0.161. The Kier molecular flexibility index (Phi) is 54.8. The highest BCUT2D eigenvalue weighted by Gasteiger charge is 2.30. The standard InChI is InChI=1S/C66H128O17P2/c1-56(2)42-34-26-18-14-11-9-10-12-16-20-30-38-46-63(68)76-52-62(83-66(71)49-41-33-25-23-29-37-45-59(7)8)55-81-85(74,75)79-51-60(67)50-78-84(72,73)80-54-61(53-77-64(69)47-39-31-24-22-28-36-44-58(5)6)82-65(70)48-40-32-21-17-13-15-19-27-35-43-57(3)4/h56-62,67H,9-55H2,1-8H3,(H,72,73)(H,74,75)/t60-,61+,62+/m0/s1. The highest BCUT2D eigenvalue weighted by atomic mass is 31.2. The maximum Gasteiger partial charge on any atom is 0.472 e. The molecule has 5 atom stereocenters. The van der Waals surface area contributed by atoms with E-state index in [0.29, 0.717) is 37.5 Å². The van der Waals surface area contributed by atoms with Gasteiger partial charge in [-0.15, -0.1) is 0 Å². The van der Waals surface area contributed by atoms with Gasteiger partial charge in [-0.05, 0) is 49.4 Å². The second-order valence-corrected chi connectivity index (χ2v) is 28.7. The van der Waals surface area contributed by atoms with Crippen molar-refractivity contribution in [3.05, 3.63) is 0 Å². The number of ether oxygens (including phenoxy) is 4. The van der Waals surface area contributed by atoms with Crippen molar-refractivity contribution in [1.29, 1.82) is 0 Å². The number of aliphatic hydroxyl groups excluding tert-OH is 1. The molecular weight excluding hydrogens is 1130 g/mol. The fourth-order valence-corrected chi connectivity index (χ4v) is 11.4. The van der Waals surface area contributed by atoms with E-state index in [1.807, 2.05) is 0 Å². The fraction of sp³-hybridized carbons (Fsp3) is 0.939. The van der Waals surface area contributed by atoms with Crippen LogP contribution in [0.15, 0.2) is 0 Å². The molecule has 0 radical (unpaired) electrons. The van der Waals surface area contributed by atoms with Crippen molar-refractivity contribution in [3.8, 4) is 0 Å². The van der Waals surface area contributed by atoms with Crippen LogP contribution < -0.4 is 0 Å². The van der Waals surface area contributed by atoms with Crippen LogP contribution in [0.2, 0.25) is 0 Å². The average molecular weight is 1260 g/mol. The molecule has 0 rings (SSSR count). The van der Waals surface area contributed by atoms with Gasteiger partial charge >= 0.3 is 39.5 Å². The van der Waals surface area contributed by atoms with Crippen molar-refractivity contribution in [1.82, 2.24) is 0 Å². The van der Waals surface area contributed by atoms with Crippen LogP contribution in [0.4, 0.5) is 0 Å². The summed E-state index contributed by atoms with van der Waals surface area (Å²) in [4.78, 5) is 72.2. The van der Waals surface area contributed by atoms with Crippen molar-refractivity contribution in [2.75, 3.05) is 39.6 Å². The summed E-state index contributed by atoms with van der Waals surface area (Å²) in [7, 11) is -9.89. The summed E-state index contributed by atoms with van der Waals surface area (Å²) in [6.45, 7) is 13.9. The van der Waals surface area contributed by atoms with Crippen LogP contribution in [0.25, 0.3) is 0 Å². The number of phosphoric acid groups is 2. The van der Waals surface area contributed by atoms with Crippen LogP contribution in [-0.4, -0.2) is 96.7 Å². The summed E-state index contributed by atoms with van der Waals surface area (Å²) in [5.41, 5.74) is 0. The molecule has 504 valence electrons. The van der Waals surface area contributed by atoms with Crippen LogP contribution in [0, 0.1) is 23.7 Å². The first-order valence-corrected chi connectivity index (χ1v) is 37.2. The van der Waals surface area contributed by atoms with Crippen LogP contribution in [0.5, 0.6) is 0 Å². The number of carbonyl (C=O) groups is 4. The minimum Gasteiger partial charge on any atom is -0.462 e. The zero-order valence-corrected chi connectivity index (χ0v) is 57.0. The first-order valence-electron chi connectivity index (χ1n) is 34.2. The third kappa shape index (κ3) is 60.7. The Labute approximate surface area is 517 Å². The Morgan fingerprint density at radius 1 is 0.294 bits per heavy atom. The maximum atomic E-state index is 13.0. The van der Waals surface area contributed by atoms with E-state index in [1.165, 1.54) is 116 Å². The van der Waals surface area contributed by atoms with Gasteiger partial charge in [-0.1, -0.05) is 267 Å². The first kappa shape index (κ1) is 83.1. The number of esters is 4. The molecule has 85 heavy (non-hydrogen) atoms. The molecular formula is C66H128O17P2. The second kappa shape index (κ2) is 56.1. The third-order valence-corrected chi connectivity index (χ3v) is 17.0. The van der Waals surface area contributed by atoms with E-state index in [1.54, 1.807) is 0 Å². The van der Waals surface area contributed by atoms with Crippen LogP contribution in [-0.2, 0) is 65.4 Å². The highest BCUT2D eigenvalue weighted by molar-refractivity contribution is 7.47. The molecule has 0 bridgehead atoms. The van der Waals surface area contributed by atoms with E-state index < -0.39 is 97.5 Å². The number of unbranched alkanes of at least 4 members (excludes halogenated alkanes) is 29. The molecule has 0 aromatic carbocycles. The topological polar surface area (TPSA) is 237 Å². The summed E-state index contributed by atoms with van der Waals surface area (Å²) in [5, 5.41) is 10.5. The number of aliphatic hydroxyl groups is 1. The summed E-state index contributed by atoms with van der Waals surface area (Å²) in [6.07, 6.45) is 36.5. The Balaban J connectivity index is 5.21. The Hall–Kier alpha value is -1.94. The summed E-state index contributed by atoms with van der Waals surface area (Å²) in [5.74, 6) is 0.726. The van der Waals surface area contributed by atoms with Gasteiger partial charge in [0.1, 0.15) is 19.3 Å². The van der Waals surface area contributed by atoms with E-state index >= 15 is 0 Å². The van der Waals surface area contributed by atoms with Gasteiger partial charge in [0.25, 0.3) is 0 Å². The van der Waals surface area contributed by atoms with Gasteiger partial charge in [-0.2, -0.15) is 0 Å². The van der Waals surface area contributed by atoms with Crippen LogP contribution in [0.3, 0.4) is 0 Å². The van der Waals surface area contributed by atoms with Crippen molar-refractivity contribution in [2.45, 2.75) is 337 Å². The molecule has 0 aliphatic rings. The molecule has 2 unspecified atom stereocenters. The lowest BCUT2D eigenvalue weighted by Gasteiger charge is -2.21. The van der Waals surface area contributed by atoms with Crippen molar-refractivity contribution in [2.24, 2.45) is 23.7 Å². The Morgan fingerprint density at radius 2 is 0.494 bits per heavy atom. The second-order valence-electron chi connectivity index (χ2n) is 25.8. The molecule has 0 aromatic heterocycles. The maximum absolute atomic E-state index is 13.0. The van der Waals surface area contributed by atoms with Gasteiger partial charge in [0.2, 0.25) is 0 Å². The molecule has 0 spiro atoms. The van der Waals surface area contributed by atoms with Gasteiger partial charge in [0.15, 0.2) is 12.2 Å². The summed E-state index contributed by atoms with van der Waals surface area (Å²) < 4.78 is 68.0. The number of carbonyl (C=O) groups excluding carboxylic acids is 4. The van der Waals surface area contributed by atoms with Gasteiger partial charge in [0, 0.05) is 25.7 Å². The molecule has 0 aliphatic heterocycles. The van der Waals surface area contributed by atoms with E-state index in [4.69, 9.17) is 37.0 Å². The lowest BCUT2D eigenvalue weighted by Crippen LogP contribution is -2.30. The monoisotopic (exact) mass is 1250 g/mol. The normalized spacial score (nSPS) is 14.4. The van der Waals surface area contributed by atoms with Crippen LogP contribution in [0.1, 0.15) is 319 Å². The minimum absolute atomic E-state index is 0.101. The molecule has 19 heteroatoms. The predicted octanol–water partition coefficient (Wildman–Crippen LogP) is 18.1. The van der Waals surface area contributed by atoms with E-state index in [2.05, 4.69) is 55.4 Å². The van der Waals surface area contributed by atoms with E-state index in [-0.39, 0.29) is 25.7 Å². The number of hydrogen-bond donors (Lipinski definition) is 3. The first-order chi connectivity index (χ1) is 40.6. The van der Waals surface area contributed by atoms with E-state index in [9.17, 15) is 43.2 Å². The van der Waals surface area contributed by atoms with Gasteiger partial charge < -0.3 is 33.8 Å². The largest absolute Gasteiger partial charge is 0.472 e. The quantitative estimate of drug-likeness (QED) is 0.0222. The summed E-state index contributed by atoms with van der Waals surface area (Å²) >= 11 is 0. The fourth-order valence-electron chi connectivity index (χ4n) is 9.78. The average Bonchev–Trinajstić information content (AvgIpc) is 3.50. The minimum atomic E-state index is -4.95. The zero-order valence-electron chi connectivity index (χ0n) is 55.2. The molecule has 0 aromatic rings. The summed E-state index contributed by atoms with van der Waals surface area (Å²) in [6, 6.07) is 0. The van der Waals surface area contributed by atoms with Gasteiger partial charge in [-0.3, -0.25) is 37.3 Å². The smallest absolute Gasteiger partial charge is 0.462 e. The molecule has 0 heterocycles. The number of hydrogen-bond acceptors (Lipinski definition) is 15. The zero-order chi connectivity index (χ0) is 63.2. The molecule has 0 aliphatic carbocycles. The number of phosphoric ester groups is 2. The van der Waals surface area contributed by atoms with Gasteiger partial charge in [0.05, 0.1) is 26.4 Å². The molecule has 0 amide bonds. The number of rotatable bonds is 63. The third-order valence-electron chi connectivity index (χ3n) is 15.1. The van der Waals surface area contributed by atoms with Crippen LogP contribution >= 0.6 is 15.6 Å². The van der Waals surface area contributed by atoms with Crippen molar-refractivity contribution >= 4 is 39.5 Å². The lowest BCUT2D eigenvalue weighted by atomic mass is 10.0. The molecule has 17 nitrogen and oxygen atoms in total.